The molecule has 0 aliphatic heterocycles. The third kappa shape index (κ3) is 11.7. The van der Waals surface area contributed by atoms with Gasteiger partial charge in [0.25, 0.3) is 10.0 Å². The average Bonchev–Trinajstić information content (AvgIpc) is 3.24. The number of carbonyl (C=O) groups is 2. The molecule has 3 atom stereocenters. The van der Waals surface area contributed by atoms with Crippen molar-refractivity contribution < 1.29 is 150 Å². The Hall–Kier alpha value is -4.83. The lowest BCUT2D eigenvalue weighted by molar-refractivity contribution is -0.461. The standard InChI is InChI=1S/C37H29F28NO6S/c1-4-27(13-18(29(45,46)47)30(48,49)50,26(68)72-10-9-28(43,44)31(51,52)32(53,54)33(55,56)34(57,58)35(59,60)36(61,62)37(63,64)65)16(12-19(67)71-3)11-14(2)15-5-7-17(8-6-15)73(69,70)66-25-23(41)21(39)20(38)22(40)24(25)42/h5-8,14,16,18,66H,4,9-13H2,1-3H3. The molecule has 0 heterocycles. The fraction of sp³-hybridized carbons (Fsp3) is 0.622. The van der Waals surface area contributed by atoms with Gasteiger partial charge in [-0.15, -0.1) is 0 Å². The molecule has 1 N–H and O–H groups in total. The van der Waals surface area contributed by atoms with Gasteiger partial charge in [0.2, 0.25) is 5.82 Å². The predicted octanol–water partition coefficient (Wildman–Crippen LogP) is 13.3. The molecule has 0 aliphatic rings. The van der Waals surface area contributed by atoms with Crippen LogP contribution in [-0.2, 0) is 29.1 Å². The van der Waals surface area contributed by atoms with E-state index in [0.29, 0.717) is 38.3 Å². The van der Waals surface area contributed by atoms with Gasteiger partial charge in [-0.1, -0.05) is 26.0 Å². The summed E-state index contributed by atoms with van der Waals surface area (Å²) in [6, 6.07) is 2.29. The van der Waals surface area contributed by atoms with Crippen LogP contribution in [0.15, 0.2) is 29.2 Å². The first-order valence-corrected chi connectivity index (χ1v) is 20.6. The monoisotopic (exact) mass is 1150 g/mol. The van der Waals surface area contributed by atoms with E-state index in [2.05, 4.69) is 9.47 Å². The van der Waals surface area contributed by atoms with Gasteiger partial charge >= 0.3 is 71.9 Å². The van der Waals surface area contributed by atoms with Crippen LogP contribution < -0.4 is 4.72 Å². The van der Waals surface area contributed by atoms with Crippen LogP contribution in [0.25, 0.3) is 0 Å². The van der Waals surface area contributed by atoms with Gasteiger partial charge in [-0.3, -0.25) is 14.3 Å². The number of hydrogen-bond donors (Lipinski definition) is 1. The van der Waals surface area contributed by atoms with Gasteiger partial charge < -0.3 is 9.47 Å². The molecule has 2 aromatic rings. The molecule has 7 nitrogen and oxygen atoms in total. The molecule has 0 spiro atoms. The van der Waals surface area contributed by atoms with E-state index in [1.807, 2.05) is 0 Å². The number of rotatable bonds is 22. The van der Waals surface area contributed by atoms with E-state index in [1.54, 1.807) is 0 Å². The summed E-state index contributed by atoms with van der Waals surface area (Å²) >= 11 is 0. The molecule has 73 heavy (non-hydrogen) atoms. The Bertz CT molecular complexity index is 2380. The van der Waals surface area contributed by atoms with Crippen molar-refractivity contribution in [1.82, 2.24) is 0 Å². The molecule has 0 aliphatic carbocycles. The first kappa shape index (κ1) is 64.3. The highest BCUT2D eigenvalue weighted by atomic mass is 32.2. The summed E-state index contributed by atoms with van der Waals surface area (Å²) in [5.74, 6) is -86.4. The third-order valence-electron chi connectivity index (χ3n) is 11.1. The lowest BCUT2D eigenvalue weighted by atomic mass is 9.63. The maximum absolute atomic E-state index is 14.7. The summed E-state index contributed by atoms with van der Waals surface area (Å²) in [5, 5.41) is 0. The summed E-state index contributed by atoms with van der Waals surface area (Å²) < 4.78 is 423. The highest BCUT2D eigenvalue weighted by Crippen LogP contribution is 2.64. The number of ether oxygens (including phenoxy) is 2. The maximum atomic E-state index is 14.7. The number of halogens is 28. The van der Waals surface area contributed by atoms with E-state index in [9.17, 15) is 141 Å². The van der Waals surface area contributed by atoms with Gasteiger partial charge in [-0.2, -0.15) is 101 Å². The highest BCUT2D eigenvalue weighted by Gasteiger charge is 2.95. The number of esters is 2. The molecule has 36 heteroatoms. The number of carbonyl (C=O) groups excluding carboxylic acids is 2. The fourth-order valence-electron chi connectivity index (χ4n) is 6.76. The second-order valence-electron chi connectivity index (χ2n) is 15.6. The zero-order valence-corrected chi connectivity index (χ0v) is 36.5. The van der Waals surface area contributed by atoms with Crippen LogP contribution >= 0.6 is 0 Å². The van der Waals surface area contributed by atoms with Gasteiger partial charge in [0.15, 0.2) is 29.2 Å². The minimum Gasteiger partial charge on any atom is -0.469 e. The number of methoxy groups -OCH3 is 1. The molecule has 0 radical (unpaired) electrons. The molecule has 0 saturated carbocycles. The largest absolute Gasteiger partial charge is 0.469 e. The second kappa shape index (κ2) is 20.7. The topological polar surface area (TPSA) is 98.8 Å². The van der Waals surface area contributed by atoms with Gasteiger partial charge in [0.1, 0.15) is 5.69 Å². The Labute approximate surface area is 389 Å². The van der Waals surface area contributed by atoms with Crippen LogP contribution in [0.2, 0.25) is 0 Å². The molecule has 3 unspecified atom stereocenters. The first-order chi connectivity index (χ1) is 32.4. The fourth-order valence-corrected chi connectivity index (χ4v) is 7.82. The van der Waals surface area contributed by atoms with Crippen molar-refractivity contribution in [3.8, 4) is 0 Å². The highest BCUT2D eigenvalue weighted by molar-refractivity contribution is 7.92. The van der Waals surface area contributed by atoms with Gasteiger partial charge in [0.05, 0.1) is 30.4 Å². The van der Waals surface area contributed by atoms with E-state index < -0.39 is 183 Å². The summed E-state index contributed by atoms with van der Waals surface area (Å²) in [4.78, 5) is 25.2. The van der Waals surface area contributed by atoms with Gasteiger partial charge in [0, 0.05) is 6.42 Å². The van der Waals surface area contributed by atoms with E-state index in [0.717, 1.165) is 11.6 Å². The van der Waals surface area contributed by atoms with Crippen molar-refractivity contribution in [3.63, 3.8) is 0 Å². The van der Waals surface area contributed by atoms with Crippen molar-refractivity contribution in [2.75, 3.05) is 18.4 Å². The maximum Gasteiger partial charge on any atom is 0.460 e. The van der Waals surface area contributed by atoms with E-state index in [1.165, 1.54) is 0 Å². The first-order valence-electron chi connectivity index (χ1n) is 19.1. The van der Waals surface area contributed by atoms with Crippen LogP contribution in [0.1, 0.15) is 57.4 Å². The normalized spacial score (nSPS) is 16.0. The van der Waals surface area contributed by atoms with E-state index in [-0.39, 0.29) is 5.56 Å². The molecule has 0 saturated heterocycles. The molecule has 0 bridgehead atoms. The Balaban J connectivity index is 2.71. The molecule has 0 amide bonds. The van der Waals surface area contributed by atoms with Gasteiger partial charge in [-0.25, -0.2) is 30.4 Å². The van der Waals surface area contributed by atoms with E-state index in [4.69, 9.17) is 0 Å². The Morgan fingerprint density at radius 3 is 1.38 bits per heavy atom. The second-order valence-corrected chi connectivity index (χ2v) is 17.3. The van der Waals surface area contributed by atoms with Crippen molar-refractivity contribution in [1.29, 1.82) is 0 Å². The summed E-state index contributed by atoms with van der Waals surface area (Å²) in [7, 11) is -4.86. The van der Waals surface area contributed by atoms with E-state index >= 15 is 0 Å². The van der Waals surface area contributed by atoms with Crippen molar-refractivity contribution in [2.45, 2.75) is 117 Å². The quantitative estimate of drug-likeness (QED) is 0.0546. The Kier molecular flexibility index (Phi) is 18.2. The van der Waals surface area contributed by atoms with Crippen molar-refractivity contribution >= 4 is 27.6 Å². The number of anilines is 1. The SMILES string of the molecule is CCC(CC(C(F)(F)F)C(F)(F)F)(C(=O)OCCC(F)(F)C(F)(F)C(F)(F)C(F)(F)C(F)(F)C(F)(F)C(F)(F)C(F)(F)F)C(CC(=O)OC)CC(C)c1ccc(S(=O)(=O)Nc2c(F)c(F)c(F)c(F)c2F)cc1. The molecule has 420 valence electrons. The van der Waals surface area contributed by atoms with Crippen molar-refractivity contribution in [2.24, 2.45) is 17.3 Å². The average molecular weight is 1150 g/mol. The number of benzene rings is 2. The molecular weight excluding hydrogens is 1120 g/mol. The predicted molar refractivity (Wildman–Crippen MR) is 186 cm³/mol. The molecule has 0 aromatic heterocycles. The zero-order chi connectivity index (χ0) is 57.7. The van der Waals surface area contributed by atoms with Gasteiger partial charge in [-0.05, 0) is 48.8 Å². The lowest BCUT2D eigenvalue weighted by Crippen LogP contribution is -2.74. The van der Waals surface area contributed by atoms with Crippen LogP contribution in [0.4, 0.5) is 129 Å². The number of nitrogens with one attached hydrogen (secondary N) is 1. The van der Waals surface area contributed by atoms with Crippen molar-refractivity contribution in [3.05, 3.63) is 58.9 Å². The smallest absolute Gasteiger partial charge is 0.460 e. The van der Waals surface area contributed by atoms with Crippen LogP contribution in [0.3, 0.4) is 0 Å². The zero-order valence-electron chi connectivity index (χ0n) is 35.7. The third-order valence-corrected chi connectivity index (χ3v) is 12.5. The molecule has 0 fully saturated rings. The van der Waals surface area contributed by atoms with Crippen LogP contribution in [-0.4, -0.2) is 94.1 Å². The number of hydrogen-bond acceptors (Lipinski definition) is 6. The van der Waals surface area contributed by atoms with Crippen LogP contribution in [0.5, 0.6) is 0 Å². The number of sulfonamides is 1. The van der Waals surface area contributed by atoms with Crippen LogP contribution in [0, 0.1) is 46.3 Å². The molecule has 2 rings (SSSR count). The Morgan fingerprint density at radius 2 is 1.00 bits per heavy atom. The number of alkyl halides is 23. The molecule has 2 aromatic carbocycles. The summed E-state index contributed by atoms with van der Waals surface area (Å²) in [5.41, 5.74) is -6.14. The molecular formula is C37H29F28NO6S. The minimum absolute atomic E-state index is 0.350. The summed E-state index contributed by atoms with van der Waals surface area (Å²) in [6.07, 6.45) is -31.5. The summed E-state index contributed by atoms with van der Waals surface area (Å²) in [6.45, 7) is -1.39. The Morgan fingerprint density at radius 1 is 0.603 bits per heavy atom. The minimum atomic E-state index is -9.04. The lowest BCUT2D eigenvalue weighted by Gasteiger charge is -2.43.